The van der Waals surface area contributed by atoms with E-state index in [1.807, 2.05) is 0 Å². The first-order valence-electron chi connectivity index (χ1n) is 4.05. The smallest absolute Gasteiger partial charge is 0.550 e. The van der Waals surface area contributed by atoms with E-state index in [-0.39, 0.29) is 21.1 Å². The van der Waals surface area contributed by atoms with Gasteiger partial charge in [0.2, 0.25) is 0 Å². The van der Waals surface area contributed by atoms with Crippen molar-refractivity contribution >= 4 is 23.9 Å². The third-order valence-corrected chi connectivity index (χ3v) is 1.07. The second kappa shape index (κ2) is 12.6. The fraction of sp³-hybridized carbons (Fsp3) is 0.500. The van der Waals surface area contributed by atoms with E-state index in [0.717, 1.165) is 0 Å². The third-order valence-electron chi connectivity index (χ3n) is 1.07. The first-order valence-corrected chi connectivity index (χ1v) is 4.05. The first kappa shape index (κ1) is 20.9. The van der Waals surface area contributed by atoms with Crippen molar-refractivity contribution in [1.82, 2.24) is 0 Å². The minimum absolute atomic E-state index is 0. The molecule has 0 unspecified atom stereocenters. The zero-order chi connectivity index (χ0) is 13.1. The Bertz CT molecular complexity index is 219. The van der Waals surface area contributed by atoms with E-state index >= 15 is 0 Å². The Morgan fingerprint density at radius 3 is 0.706 bits per heavy atom. The number of aliphatic carboxylic acids is 4. The van der Waals surface area contributed by atoms with E-state index in [4.69, 9.17) is 0 Å². The van der Waals surface area contributed by atoms with Crippen molar-refractivity contribution in [2.24, 2.45) is 0 Å². The molecule has 0 N–H and O–H groups in total. The molecule has 0 atom stereocenters. The van der Waals surface area contributed by atoms with Crippen LogP contribution in [0.1, 0.15) is 25.7 Å². The summed E-state index contributed by atoms with van der Waals surface area (Å²) in [4.78, 5) is 38.0. The molecule has 8 nitrogen and oxygen atoms in total. The number of hydrogen-bond donors (Lipinski definition) is 0. The summed E-state index contributed by atoms with van der Waals surface area (Å²) in [7, 11) is 0. The Hall–Kier alpha value is -1.43. The van der Waals surface area contributed by atoms with Gasteiger partial charge in [0, 0.05) is 23.9 Å². The summed E-state index contributed by atoms with van der Waals surface area (Å²) in [6.45, 7) is 0. The van der Waals surface area contributed by atoms with Gasteiger partial charge in [-0.05, 0) is 25.7 Å². The van der Waals surface area contributed by atoms with Gasteiger partial charge in [0.1, 0.15) is 0 Å². The quantitative estimate of drug-likeness (QED) is 0.436. The maximum Gasteiger partial charge on any atom is 4.00 e. The molecule has 0 rings (SSSR count). The van der Waals surface area contributed by atoms with Crippen LogP contribution in [0, 0.1) is 0 Å². The van der Waals surface area contributed by atoms with E-state index in [0.29, 0.717) is 0 Å². The molecule has 0 spiro atoms. The predicted molar refractivity (Wildman–Crippen MR) is 38.5 cm³/mol. The van der Waals surface area contributed by atoms with Gasteiger partial charge in [-0.3, -0.25) is 0 Å². The summed E-state index contributed by atoms with van der Waals surface area (Å²) in [6.07, 6.45) is -1.88. The predicted octanol–water partition coefficient (Wildman–Crippen LogP) is -5.47. The molecule has 0 aromatic rings. The molecule has 0 fully saturated rings. The van der Waals surface area contributed by atoms with Crippen molar-refractivity contribution < 1.29 is 60.7 Å². The minimum Gasteiger partial charge on any atom is -0.550 e. The normalized spacial score (nSPS) is 8.00. The molecule has 0 saturated carbocycles. The zero-order valence-electron chi connectivity index (χ0n) is 8.50. The summed E-state index contributed by atoms with van der Waals surface area (Å²) in [5, 5.41) is 38.0. The fourth-order valence-corrected chi connectivity index (χ4v) is 0.408. The molecule has 9 heteroatoms. The van der Waals surface area contributed by atoms with Crippen LogP contribution in [-0.4, -0.2) is 23.9 Å². The van der Waals surface area contributed by atoms with Crippen molar-refractivity contribution in [3.8, 4) is 0 Å². The average molecular weight is 328 g/mol. The molecule has 0 aromatic heterocycles. The van der Waals surface area contributed by atoms with E-state index in [9.17, 15) is 39.6 Å². The molecule has 0 radical (unpaired) electrons. The van der Waals surface area contributed by atoms with Crippen molar-refractivity contribution in [2.75, 3.05) is 0 Å². The van der Waals surface area contributed by atoms with Crippen molar-refractivity contribution in [3.63, 3.8) is 0 Å². The Kier molecular flexibility index (Phi) is 15.5. The summed E-state index contributed by atoms with van der Waals surface area (Å²) < 4.78 is 0. The van der Waals surface area contributed by atoms with Crippen LogP contribution < -0.4 is 20.4 Å². The molecule has 0 saturated heterocycles. The molecular weight excluding hydrogens is 320 g/mol. The average Bonchev–Trinajstić information content (AvgIpc) is 2.12. The molecule has 94 valence electrons. The number of carboxylic acid groups (broad SMARTS) is 4. The maximum absolute atomic E-state index is 9.50. The Labute approximate surface area is 111 Å². The standard InChI is InChI=1S/2C4H6O4.Mo/c2*5-3(6)1-2-4(7)8;/h2*1-2H2,(H,5,6)(H,7,8);/q;;+4/p-4. The van der Waals surface area contributed by atoms with Crippen molar-refractivity contribution in [3.05, 3.63) is 0 Å². The van der Waals surface area contributed by atoms with Gasteiger partial charge in [0.05, 0.1) is 0 Å². The number of hydrogen-bond acceptors (Lipinski definition) is 8. The molecule has 17 heavy (non-hydrogen) atoms. The molecule has 0 aliphatic carbocycles. The first-order chi connectivity index (χ1) is 7.25. The molecule has 0 aromatic carbocycles. The second-order valence-corrected chi connectivity index (χ2v) is 2.49. The number of rotatable bonds is 6. The summed E-state index contributed by atoms with van der Waals surface area (Å²) in [5.41, 5.74) is 0. The van der Waals surface area contributed by atoms with Gasteiger partial charge in [0.15, 0.2) is 0 Å². The van der Waals surface area contributed by atoms with Gasteiger partial charge in [-0.2, -0.15) is 0 Å². The molecule has 0 heterocycles. The van der Waals surface area contributed by atoms with E-state index in [2.05, 4.69) is 0 Å². The third kappa shape index (κ3) is 31.3. The van der Waals surface area contributed by atoms with Crippen molar-refractivity contribution in [2.45, 2.75) is 25.7 Å². The van der Waals surface area contributed by atoms with Crippen LogP contribution in [0.3, 0.4) is 0 Å². The Morgan fingerprint density at radius 2 is 0.647 bits per heavy atom. The van der Waals surface area contributed by atoms with E-state index < -0.39 is 49.6 Å². The van der Waals surface area contributed by atoms with Gasteiger partial charge in [-0.15, -0.1) is 0 Å². The zero-order valence-corrected chi connectivity index (χ0v) is 10.5. The second-order valence-electron chi connectivity index (χ2n) is 2.49. The SMILES string of the molecule is O=C([O-])CCC(=O)[O-].O=C([O-])CCC(=O)[O-].[Mo+4]. The molecule has 0 bridgehead atoms. The van der Waals surface area contributed by atoms with Gasteiger partial charge in [-0.1, -0.05) is 0 Å². The monoisotopic (exact) mass is 330 g/mol. The fourth-order valence-electron chi connectivity index (χ4n) is 0.408. The molecule has 0 amide bonds. The van der Waals surface area contributed by atoms with E-state index in [1.165, 1.54) is 0 Å². The van der Waals surface area contributed by atoms with Crippen LogP contribution in [0.4, 0.5) is 0 Å². The van der Waals surface area contributed by atoms with Crippen LogP contribution in [0.15, 0.2) is 0 Å². The van der Waals surface area contributed by atoms with Gasteiger partial charge in [0.25, 0.3) is 0 Å². The summed E-state index contributed by atoms with van der Waals surface area (Å²) in [5.74, 6) is -5.47. The largest absolute Gasteiger partial charge is 4.00 e. The number of carboxylic acids is 4. The van der Waals surface area contributed by atoms with Crippen molar-refractivity contribution in [1.29, 1.82) is 0 Å². The van der Waals surface area contributed by atoms with Crippen LogP contribution in [0.25, 0.3) is 0 Å². The summed E-state index contributed by atoms with van der Waals surface area (Å²) >= 11 is 0. The van der Waals surface area contributed by atoms with Gasteiger partial charge < -0.3 is 39.6 Å². The Morgan fingerprint density at radius 1 is 0.529 bits per heavy atom. The molecule has 0 aliphatic rings. The minimum atomic E-state index is -1.37. The molecular formula is C8H8MoO8. The summed E-state index contributed by atoms with van der Waals surface area (Å²) in [6, 6.07) is 0. The Balaban J connectivity index is -0.000000218. The topological polar surface area (TPSA) is 161 Å². The number of carbonyl (C=O) groups is 4. The van der Waals surface area contributed by atoms with Crippen LogP contribution >= 0.6 is 0 Å². The number of carbonyl (C=O) groups excluding carboxylic acids is 4. The van der Waals surface area contributed by atoms with Gasteiger partial charge in [-0.25, -0.2) is 0 Å². The van der Waals surface area contributed by atoms with Crippen LogP contribution in [0.2, 0.25) is 0 Å². The van der Waals surface area contributed by atoms with Gasteiger partial charge >= 0.3 is 21.1 Å². The maximum atomic E-state index is 9.50. The van der Waals surface area contributed by atoms with Crippen LogP contribution in [-0.2, 0) is 40.2 Å². The van der Waals surface area contributed by atoms with Crippen LogP contribution in [0.5, 0.6) is 0 Å². The van der Waals surface area contributed by atoms with E-state index in [1.54, 1.807) is 0 Å². The molecule has 0 aliphatic heterocycles.